The van der Waals surface area contributed by atoms with Gasteiger partial charge in [-0.05, 0) is 12.5 Å². The molecule has 0 N–H and O–H groups in total. The van der Waals surface area contributed by atoms with Crippen LogP contribution in [0.3, 0.4) is 0 Å². The van der Waals surface area contributed by atoms with Gasteiger partial charge in [0.15, 0.2) is 0 Å². The Hall–Kier alpha value is 0.180. The van der Waals surface area contributed by atoms with E-state index in [4.69, 9.17) is 0 Å². The van der Waals surface area contributed by atoms with Crippen LogP contribution in [0.5, 0.6) is 0 Å². The molecule has 0 saturated carbocycles. The topological polar surface area (TPSA) is 0 Å². The minimum Gasteiger partial charge on any atom is -0.152 e. The van der Waals surface area contributed by atoms with Crippen LogP contribution in [0, 0.1) is 0 Å². The Balaban J connectivity index is 2.55. The van der Waals surface area contributed by atoms with Crippen molar-refractivity contribution in [3.05, 3.63) is 23.1 Å². The SMILES string of the molecule is CSC1=CC=CC1SC. The average Bonchev–Trinajstić information content (AvgIpc) is 2.33. The molecule has 0 radical (unpaired) electrons. The molecule has 9 heavy (non-hydrogen) atoms. The third-order valence-electron chi connectivity index (χ3n) is 1.32. The second-order valence-electron chi connectivity index (χ2n) is 1.81. The summed E-state index contributed by atoms with van der Waals surface area (Å²) in [6.07, 6.45) is 10.8. The highest BCUT2D eigenvalue weighted by atomic mass is 32.2. The van der Waals surface area contributed by atoms with Crippen molar-refractivity contribution in [2.45, 2.75) is 5.25 Å². The molecule has 1 unspecified atom stereocenters. The summed E-state index contributed by atoms with van der Waals surface area (Å²) < 4.78 is 0. The molecule has 0 heterocycles. The number of allylic oxidation sites excluding steroid dienone is 2. The number of thioether (sulfide) groups is 2. The van der Waals surface area contributed by atoms with Crippen molar-refractivity contribution in [1.29, 1.82) is 0 Å². The summed E-state index contributed by atoms with van der Waals surface area (Å²) in [5.74, 6) is 0. The summed E-state index contributed by atoms with van der Waals surface area (Å²) in [4.78, 5) is 1.47. The normalized spacial score (nSPS) is 24.7. The van der Waals surface area contributed by atoms with E-state index in [1.54, 1.807) is 0 Å². The molecule has 0 fully saturated rings. The number of hydrogen-bond donors (Lipinski definition) is 0. The average molecular weight is 158 g/mol. The Morgan fingerprint density at radius 1 is 1.44 bits per heavy atom. The smallest absolute Gasteiger partial charge is 0.0536 e. The van der Waals surface area contributed by atoms with Crippen LogP contribution in [0.25, 0.3) is 0 Å². The van der Waals surface area contributed by atoms with Gasteiger partial charge in [-0.1, -0.05) is 18.2 Å². The van der Waals surface area contributed by atoms with Crippen LogP contribution in [0.4, 0.5) is 0 Å². The molecule has 1 atom stereocenters. The molecule has 2 heteroatoms. The van der Waals surface area contributed by atoms with Gasteiger partial charge < -0.3 is 0 Å². The fraction of sp³-hybridized carbons (Fsp3) is 0.429. The molecule has 0 spiro atoms. The van der Waals surface area contributed by atoms with Gasteiger partial charge >= 0.3 is 0 Å². The van der Waals surface area contributed by atoms with E-state index in [0.717, 1.165) is 0 Å². The summed E-state index contributed by atoms with van der Waals surface area (Å²) in [5, 5.41) is 0.639. The molecule has 0 aliphatic heterocycles. The van der Waals surface area contributed by atoms with Crippen molar-refractivity contribution in [2.75, 3.05) is 12.5 Å². The van der Waals surface area contributed by atoms with Crippen LogP contribution in [0.1, 0.15) is 0 Å². The fourth-order valence-electron chi connectivity index (χ4n) is 0.820. The highest BCUT2D eigenvalue weighted by Crippen LogP contribution is 2.29. The first-order chi connectivity index (χ1) is 4.38. The van der Waals surface area contributed by atoms with E-state index in [-0.39, 0.29) is 0 Å². The van der Waals surface area contributed by atoms with E-state index < -0.39 is 0 Å². The summed E-state index contributed by atoms with van der Waals surface area (Å²) in [5.41, 5.74) is 0. The maximum atomic E-state index is 2.23. The lowest BCUT2D eigenvalue weighted by Crippen LogP contribution is -1.93. The van der Waals surface area contributed by atoms with Crippen LogP contribution < -0.4 is 0 Å². The summed E-state index contributed by atoms with van der Waals surface area (Å²) >= 11 is 3.73. The van der Waals surface area contributed by atoms with Crippen molar-refractivity contribution in [2.24, 2.45) is 0 Å². The lowest BCUT2D eigenvalue weighted by atomic mass is 10.5. The predicted octanol–water partition coefficient (Wildman–Crippen LogP) is 2.53. The molecular formula is C7H10S2. The predicted molar refractivity (Wildman–Crippen MR) is 48.0 cm³/mol. The van der Waals surface area contributed by atoms with Crippen molar-refractivity contribution < 1.29 is 0 Å². The van der Waals surface area contributed by atoms with Crippen LogP contribution in [-0.4, -0.2) is 17.8 Å². The molecule has 0 aromatic heterocycles. The minimum atomic E-state index is 0.639. The molecule has 0 bridgehead atoms. The van der Waals surface area contributed by atoms with E-state index in [0.29, 0.717) is 5.25 Å². The largest absolute Gasteiger partial charge is 0.152 e. The highest BCUT2D eigenvalue weighted by Gasteiger charge is 2.10. The van der Waals surface area contributed by atoms with Gasteiger partial charge in [-0.25, -0.2) is 0 Å². The van der Waals surface area contributed by atoms with Crippen molar-refractivity contribution >= 4 is 23.5 Å². The Labute approximate surface area is 64.8 Å². The maximum absolute atomic E-state index is 2.23. The van der Waals surface area contributed by atoms with Gasteiger partial charge in [0.25, 0.3) is 0 Å². The Bertz CT molecular complexity index is 147. The lowest BCUT2D eigenvalue weighted by Gasteiger charge is -2.06. The van der Waals surface area contributed by atoms with Gasteiger partial charge in [0.05, 0.1) is 5.25 Å². The maximum Gasteiger partial charge on any atom is 0.0536 e. The van der Waals surface area contributed by atoms with Gasteiger partial charge in [-0.2, -0.15) is 11.8 Å². The molecule has 0 aromatic rings. The Morgan fingerprint density at radius 2 is 2.22 bits per heavy atom. The van der Waals surface area contributed by atoms with E-state index >= 15 is 0 Å². The van der Waals surface area contributed by atoms with E-state index in [1.807, 2.05) is 23.5 Å². The van der Waals surface area contributed by atoms with Crippen molar-refractivity contribution in [3.63, 3.8) is 0 Å². The molecule has 0 amide bonds. The number of hydrogen-bond acceptors (Lipinski definition) is 2. The minimum absolute atomic E-state index is 0.639. The van der Waals surface area contributed by atoms with Gasteiger partial charge in [-0.15, -0.1) is 11.8 Å². The molecule has 0 saturated heterocycles. The zero-order chi connectivity index (χ0) is 6.69. The molecule has 0 aromatic carbocycles. The molecular weight excluding hydrogens is 148 g/mol. The quantitative estimate of drug-likeness (QED) is 0.605. The lowest BCUT2D eigenvalue weighted by molar-refractivity contribution is 1.44. The van der Waals surface area contributed by atoms with E-state index in [1.165, 1.54) is 4.91 Å². The molecule has 1 aliphatic carbocycles. The first-order valence-electron chi connectivity index (χ1n) is 2.83. The summed E-state index contributed by atoms with van der Waals surface area (Å²) in [7, 11) is 0. The molecule has 1 rings (SSSR count). The number of rotatable bonds is 2. The zero-order valence-electron chi connectivity index (χ0n) is 5.63. The van der Waals surface area contributed by atoms with Gasteiger partial charge in [0.1, 0.15) is 0 Å². The highest BCUT2D eigenvalue weighted by molar-refractivity contribution is 8.05. The molecule has 0 nitrogen and oxygen atoms in total. The van der Waals surface area contributed by atoms with E-state index in [2.05, 4.69) is 30.7 Å². The molecule has 1 aliphatic rings. The van der Waals surface area contributed by atoms with Crippen molar-refractivity contribution in [1.82, 2.24) is 0 Å². The Kier molecular flexibility index (Phi) is 2.73. The first kappa shape index (κ1) is 7.29. The second-order valence-corrected chi connectivity index (χ2v) is 3.67. The third-order valence-corrected chi connectivity index (χ3v) is 3.25. The van der Waals surface area contributed by atoms with Crippen LogP contribution in [-0.2, 0) is 0 Å². The monoisotopic (exact) mass is 158 g/mol. The van der Waals surface area contributed by atoms with Crippen LogP contribution >= 0.6 is 23.5 Å². The van der Waals surface area contributed by atoms with E-state index in [9.17, 15) is 0 Å². The van der Waals surface area contributed by atoms with Gasteiger partial charge in [0.2, 0.25) is 0 Å². The Morgan fingerprint density at radius 3 is 2.67 bits per heavy atom. The van der Waals surface area contributed by atoms with Crippen molar-refractivity contribution in [3.8, 4) is 0 Å². The summed E-state index contributed by atoms with van der Waals surface area (Å²) in [6.45, 7) is 0. The third kappa shape index (κ3) is 1.55. The van der Waals surface area contributed by atoms with Crippen LogP contribution in [0.2, 0.25) is 0 Å². The zero-order valence-corrected chi connectivity index (χ0v) is 7.26. The first-order valence-corrected chi connectivity index (χ1v) is 5.35. The fourth-order valence-corrected chi connectivity index (χ4v) is 2.48. The van der Waals surface area contributed by atoms with Gasteiger partial charge in [0, 0.05) is 4.91 Å². The molecule has 50 valence electrons. The van der Waals surface area contributed by atoms with Gasteiger partial charge in [-0.3, -0.25) is 0 Å². The van der Waals surface area contributed by atoms with Crippen LogP contribution in [0.15, 0.2) is 23.1 Å². The standard InChI is InChI=1S/C7H10S2/c1-8-6-4-3-5-7(6)9-2/h3-6H,1-2H3. The second kappa shape index (κ2) is 3.37. The summed E-state index contributed by atoms with van der Waals surface area (Å²) in [6, 6.07) is 0.